The number of aliphatic carboxylic acids is 1. The quantitative estimate of drug-likeness (QED) is 0.577. The fraction of sp³-hybridized carbons (Fsp3) is 0.962. The molecule has 2 unspecified atom stereocenters. The first-order chi connectivity index (χ1) is 14.1. The van der Waals surface area contributed by atoms with Gasteiger partial charge in [0.1, 0.15) is 0 Å². The smallest absolute Gasteiger partial charge is 0.303 e. The number of fused-ring (bicyclic) bond motifs is 5. The van der Waals surface area contributed by atoms with Crippen LogP contribution in [0, 0.1) is 52.3 Å². The van der Waals surface area contributed by atoms with E-state index in [0.29, 0.717) is 41.4 Å². The van der Waals surface area contributed by atoms with E-state index in [1.165, 1.54) is 25.7 Å². The van der Waals surface area contributed by atoms with Crippen LogP contribution in [0.1, 0.15) is 91.9 Å². The molecule has 4 saturated carbocycles. The van der Waals surface area contributed by atoms with Gasteiger partial charge in [0.2, 0.25) is 0 Å². The molecule has 172 valence electrons. The van der Waals surface area contributed by atoms with Crippen LogP contribution < -0.4 is 0 Å². The molecule has 0 bridgehead atoms. The first-order valence-electron chi connectivity index (χ1n) is 12.7. The molecule has 3 N–H and O–H groups in total. The second-order valence-corrected chi connectivity index (χ2v) is 12.0. The number of carboxylic acid groups (broad SMARTS) is 1. The maximum atomic E-state index is 11.7. The van der Waals surface area contributed by atoms with Gasteiger partial charge >= 0.3 is 5.97 Å². The summed E-state index contributed by atoms with van der Waals surface area (Å²) in [5, 5.41) is 31.3. The Kier molecular flexibility index (Phi) is 6.07. The number of carbonyl (C=O) groups is 1. The van der Waals surface area contributed by atoms with E-state index in [1.54, 1.807) is 0 Å². The van der Waals surface area contributed by atoms with Crippen LogP contribution in [0.2, 0.25) is 0 Å². The summed E-state index contributed by atoms with van der Waals surface area (Å²) in [5.41, 5.74) is 0.480. The van der Waals surface area contributed by atoms with Gasteiger partial charge in [-0.15, -0.1) is 0 Å². The van der Waals surface area contributed by atoms with Crippen LogP contribution in [0.3, 0.4) is 0 Å². The van der Waals surface area contributed by atoms with Crippen LogP contribution in [-0.4, -0.2) is 33.5 Å². The number of hydrogen-bond acceptors (Lipinski definition) is 3. The van der Waals surface area contributed by atoms with Crippen molar-refractivity contribution >= 4 is 5.97 Å². The molecule has 0 spiro atoms. The predicted molar refractivity (Wildman–Crippen MR) is 118 cm³/mol. The van der Waals surface area contributed by atoms with Crippen LogP contribution in [0.25, 0.3) is 0 Å². The highest BCUT2D eigenvalue weighted by Gasteiger charge is 2.64. The second-order valence-electron chi connectivity index (χ2n) is 12.0. The molecule has 4 nitrogen and oxygen atoms in total. The van der Waals surface area contributed by atoms with Gasteiger partial charge in [0.15, 0.2) is 0 Å². The van der Waals surface area contributed by atoms with Crippen molar-refractivity contribution in [2.45, 2.75) is 104 Å². The van der Waals surface area contributed by atoms with E-state index in [1.807, 2.05) is 0 Å². The molecule has 4 heteroatoms. The summed E-state index contributed by atoms with van der Waals surface area (Å²) >= 11 is 0. The number of carboxylic acids is 1. The van der Waals surface area contributed by atoms with Crippen molar-refractivity contribution in [2.75, 3.05) is 0 Å². The van der Waals surface area contributed by atoms with Gasteiger partial charge in [-0.3, -0.25) is 4.79 Å². The maximum absolute atomic E-state index is 11.7. The monoisotopic (exact) mass is 420 g/mol. The van der Waals surface area contributed by atoms with Crippen molar-refractivity contribution in [3.63, 3.8) is 0 Å². The minimum atomic E-state index is -0.683. The van der Waals surface area contributed by atoms with Crippen molar-refractivity contribution in [3.8, 4) is 0 Å². The molecule has 0 aromatic carbocycles. The highest BCUT2D eigenvalue weighted by Crippen LogP contribution is 2.69. The third-order valence-corrected chi connectivity index (χ3v) is 11.0. The lowest BCUT2D eigenvalue weighted by atomic mass is 9.41. The number of hydrogen-bond donors (Lipinski definition) is 3. The lowest BCUT2D eigenvalue weighted by molar-refractivity contribution is -0.203. The molecule has 0 aliphatic heterocycles. The summed E-state index contributed by atoms with van der Waals surface area (Å²) in [6, 6.07) is 0. The molecule has 0 amide bonds. The largest absolute Gasteiger partial charge is 0.481 e. The molecule has 4 aliphatic carbocycles. The van der Waals surface area contributed by atoms with Crippen LogP contribution >= 0.6 is 0 Å². The molecule has 0 heterocycles. The Morgan fingerprint density at radius 1 is 1.00 bits per heavy atom. The second kappa shape index (κ2) is 8.06. The SMILES string of the molecule is CC[C@@H]1[C@@H](O)C2[C@H](CC[C@]3(C)C([C@H](C)CCC(=O)O)CC[C@@H]23)[C@@]2(C)CC[C@@H](O)C[C@@H]12. The average molecular weight is 421 g/mol. The number of aliphatic hydroxyl groups is 2. The minimum absolute atomic E-state index is 0.194. The summed E-state index contributed by atoms with van der Waals surface area (Å²) < 4.78 is 0. The molecular formula is C26H44O4. The van der Waals surface area contributed by atoms with E-state index in [0.717, 1.165) is 32.1 Å². The van der Waals surface area contributed by atoms with E-state index in [9.17, 15) is 15.0 Å². The van der Waals surface area contributed by atoms with E-state index in [-0.39, 0.29) is 29.5 Å². The number of aliphatic hydroxyl groups excluding tert-OH is 2. The van der Waals surface area contributed by atoms with Crippen LogP contribution in [0.4, 0.5) is 0 Å². The fourth-order valence-corrected chi connectivity index (χ4v) is 9.48. The number of rotatable bonds is 5. The molecule has 0 aromatic rings. The normalized spacial score (nSPS) is 51.5. The summed E-state index contributed by atoms with van der Waals surface area (Å²) in [7, 11) is 0. The van der Waals surface area contributed by atoms with E-state index < -0.39 is 5.97 Å². The van der Waals surface area contributed by atoms with Crippen molar-refractivity contribution in [2.24, 2.45) is 52.3 Å². The molecule has 4 fully saturated rings. The zero-order valence-corrected chi connectivity index (χ0v) is 19.5. The van der Waals surface area contributed by atoms with Crippen molar-refractivity contribution < 1.29 is 20.1 Å². The standard InChI is InChI=1S/C26H44O4/c1-5-17-21-14-16(27)10-12-26(21,4)20-11-13-25(3)18(15(2)6-9-22(28)29)7-8-19(25)23(20)24(17)30/h15-21,23-24,27,30H,5-14H2,1-4H3,(H,28,29)/t15-,16-,17+,18?,19+,20+,21+,23?,24-,25-,26-/m1/s1. The van der Waals surface area contributed by atoms with Gasteiger partial charge in [-0.05, 0) is 104 Å². The Balaban J connectivity index is 1.61. The van der Waals surface area contributed by atoms with E-state index in [2.05, 4.69) is 27.7 Å². The summed E-state index contributed by atoms with van der Waals surface area (Å²) in [6.07, 6.45) is 9.27. The summed E-state index contributed by atoms with van der Waals surface area (Å²) in [5.74, 6) is 2.58. The third-order valence-electron chi connectivity index (χ3n) is 11.0. The molecule has 4 aliphatic rings. The van der Waals surface area contributed by atoms with Crippen LogP contribution in [0.5, 0.6) is 0 Å². The van der Waals surface area contributed by atoms with Gasteiger partial charge in [0.05, 0.1) is 12.2 Å². The molecular weight excluding hydrogens is 376 g/mol. The third kappa shape index (κ3) is 3.36. The first kappa shape index (κ1) is 22.6. The fourth-order valence-electron chi connectivity index (χ4n) is 9.48. The van der Waals surface area contributed by atoms with Gasteiger partial charge in [-0.1, -0.05) is 34.1 Å². The topological polar surface area (TPSA) is 77.8 Å². The van der Waals surface area contributed by atoms with Crippen LogP contribution in [-0.2, 0) is 4.79 Å². The van der Waals surface area contributed by atoms with Gasteiger partial charge in [-0.25, -0.2) is 0 Å². The summed E-state index contributed by atoms with van der Waals surface area (Å²) in [6.45, 7) is 9.44. The van der Waals surface area contributed by atoms with E-state index >= 15 is 0 Å². The minimum Gasteiger partial charge on any atom is -0.481 e. The van der Waals surface area contributed by atoms with Crippen molar-refractivity contribution in [1.82, 2.24) is 0 Å². The van der Waals surface area contributed by atoms with Crippen molar-refractivity contribution in [3.05, 3.63) is 0 Å². The molecule has 0 aromatic heterocycles. The van der Waals surface area contributed by atoms with Gasteiger partial charge in [0.25, 0.3) is 0 Å². The molecule has 4 rings (SSSR count). The average Bonchev–Trinajstić information content (AvgIpc) is 3.05. The van der Waals surface area contributed by atoms with Gasteiger partial charge < -0.3 is 15.3 Å². The Labute approximate surface area is 182 Å². The Bertz CT molecular complexity index is 649. The Hall–Kier alpha value is -0.610. The Morgan fingerprint density at radius 3 is 2.33 bits per heavy atom. The lowest BCUT2D eigenvalue weighted by Crippen LogP contribution is -2.62. The van der Waals surface area contributed by atoms with Crippen molar-refractivity contribution in [1.29, 1.82) is 0 Å². The zero-order chi connectivity index (χ0) is 21.8. The summed E-state index contributed by atoms with van der Waals surface area (Å²) in [4.78, 5) is 11.1. The van der Waals surface area contributed by atoms with Gasteiger partial charge in [0, 0.05) is 6.42 Å². The van der Waals surface area contributed by atoms with Gasteiger partial charge in [-0.2, -0.15) is 0 Å². The van der Waals surface area contributed by atoms with Crippen LogP contribution in [0.15, 0.2) is 0 Å². The lowest BCUT2D eigenvalue weighted by Gasteiger charge is -2.64. The first-order valence-corrected chi connectivity index (χ1v) is 12.7. The van der Waals surface area contributed by atoms with E-state index in [4.69, 9.17) is 5.11 Å². The molecule has 30 heavy (non-hydrogen) atoms. The Morgan fingerprint density at radius 2 is 1.67 bits per heavy atom. The molecule has 0 saturated heterocycles. The highest BCUT2D eigenvalue weighted by atomic mass is 16.4. The molecule has 11 atom stereocenters. The predicted octanol–water partition coefficient (Wildman–Crippen LogP) is 5.11. The highest BCUT2D eigenvalue weighted by molar-refractivity contribution is 5.66. The zero-order valence-electron chi connectivity index (χ0n) is 19.5. The maximum Gasteiger partial charge on any atom is 0.303 e. The molecule has 0 radical (unpaired) electrons.